The maximum absolute atomic E-state index is 11.3. The predicted molar refractivity (Wildman–Crippen MR) is 60.4 cm³/mol. The molecule has 5 heteroatoms. The van der Waals surface area contributed by atoms with E-state index in [1.807, 2.05) is 0 Å². The van der Waals surface area contributed by atoms with E-state index in [1.54, 1.807) is 12.1 Å². The summed E-state index contributed by atoms with van der Waals surface area (Å²) in [5.74, 6) is 0.0245. The lowest BCUT2D eigenvalue weighted by Gasteiger charge is -2.11. The second-order valence-electron chi connectivity index (χ2n) is 2.98. The molecule has 1 aromatic heterocycles. The van der Waals surface area contributed by atoms with Gasteiger partial charge in [0.1, 0.15) is 0 Å². The van der Waals surface area contributed by atoms with Gasteiger partial charge in [0.05, 0.1) is 8.96 Å². The molecule has 1 aliphatic rings. The largest absolute Gasteiger partial charge is 0.321 e. The standard InChI is InChI=1S/C9H5Br2NO2/c10-5-3-7-4(2-8(5)13)1-6(11)9(14)12-7/h1,3H,2H2,(H,12,14). The van der Waals surface area contributed by atoms with Gasteiger partial charge in [0.25, 0.3) is 5.56 Å². The molecule has 0 amide bonds. The van der Waals surface area contributed by atoms with E-state index in [9.17, 15) is 9.59 Å². The molecule has 1 N–H and O–H groups in total. The molecule has 0 atom stereocenters. The Hall–Kier alpha value is -0.680. The van der Waals surface area contributed by atoms with E-state index in [1.165, 1.54) is 0 Å². The van der Waals surface area contributed by atoms with Gasteiger partial charge in [0, 0.05) is 12.1 Å². The summed E-state index contributed by atoms with van der Waals surface area (Å²) in [6.45, 7) is 0. The molecule has 72 valence electrons. The van der Waals surface area contributed by atoms with Crippen LogP contribution in [0.25, 0.3) is 6.08 Å². The number of fused-ring (bicyclic) bond motifs is 1. The molecule has 0 saturated heterocycles. The topological polar surface area (TPSA) is 49.9 Å². The van der Waals surface area contributed by atoms with E-state index in [4.69, 9.17) is 0 Å². The van der Waals surface area contributed by atoms with Gasteiger partial charge < -0.3 is 4.98 Å². The van der Waals surface area contributed by atoms with Crippen LogP contribution in [0.1, 0.15) is 11.3 Å². The average molecular weight is 319 g/mol. The summed E-state index contributed by atoms with van der Waals surface area (Å²) >= 11 is 6.27. The zero-order valence-corrected chi connectivity index (χ0v) is 10.1. The molecule has 1 aromatic rings. The van der Waals surface area contributed by atoms with Crippen molar-refractivity contribution in [3.63, 3.8) is 0 Å². The monoisotopic (exact) mass is 317 g/mol. The highest BCUT2D eigenvalue weighted by Crippen LogP contribution is 2.23. The number of rotatable bonds is 0. The SMILES string of the molecule is O=C1Cc2cc(Br)c(=O)[nH]c2C=C1Br. The first-order valence-electron chi connectivity index (χ1n) is 3.90. The molecular formula is C9H5Br2NO2. The molecule has 0 fully saturated rings. The quantitative estimate of drug-likeness (QED) is 0.795. The van der Waals surface area contributed by atoms with Crippen LogP contribution in [0.15, 0.2) is 19.8 Å². The van der Waals surface area contributed by atoms with Crippen molar-refractivity contribution in [2.75, 3.05) is 0 Å². The first-order valence-corrected chi connectivity index (χ1v) is 5.48. The first-order chi connectivity index (χ1) is 6.58. The molecule has 1 aliphatic carbocycles. The minimum absolute atomic E-state index is 0.0245. The van der Waals surface area contributed by atoms with Crippen LogP contribution in [-0.4, -0.2) is 10.8 Å². The Bertz CT molecular complexity index is 502. The fourth-order valence-corrected chi connectivity index (χ4v) is 2.04. The molecule has 0 spiro atoms. The predicted octanol–water partition coefficient (Wildman–Crippen LogP) is 2.00. The molecule has 0 bridgehead atoms. The number of halogens is 2. The van der Waals surface area contributed by atoms with Crippen LogP contribution >= 0.6 is 31.9 Å². The smallest absolute Gasteiger partial charge is 0.262 e. The average Bonchev–Trinajstić information content (AvgIpc) is 2.11. The molecular weight excluding hydrogens is 314 g/mol. The Kier molecular flexibility index (Phi) is 2.45. The van der Waals surface area contributed by atoms with E-state index < -0.39 is 0 Å². The molecule has 0 saturated carbocycles. The van der Waals surface area contributed by atoms with Crippen LogP contribution in [-0.2, 0) is 11.2 Å². The van der Waals surface area contributed by atoms with Gasteiger partial charge in [-0.05, 0) is 49.6 Å². The molecule has 0 aromatic carbocycles. The Morgan fingerprint density at radius 1 is 1.29 bits per heavy atom. The van der Waals surface area contributed by atoms with E-state index in [0.717, 1.165) is 5.56 Å². The molecule has 1 heterocycles. The lowest BCUT2D eigenvalue weighted by Crippen LogP contribution is -2.16. The maximum atomic E-state index is 11.3. The van der Waals surface area contributed by atoms with Crippen molar-refractivity contribution in [2.45, 2.75) is 6.42 Å². The van der Waals surface area contributed by atoms with Crippen LogP contribution in [0, 0.1) is 0 Å². The summed E-state index contributed by atoms with van der Waals surface area (Å²) in [4.78, 5) is 25.3. The van der Waals surface area contributed by atoms with Gasteiger partial charge in [-0.15, -0.1) is 0 Å². The fourth-order valence-electron chi connectivity index (χ4n) is 1.30. The number of nitrogens with one attached hydrogen (secondary N) is 1. The van der Waals surface area contributed by atoms with Crippen LogP contribution in [0.3, 0.4) is 0 Å². The minimum Gasteiger partial charge on any atom is -0.321 e. The Morgan fingerprint density at radius 3 is 2.71 bits per heavy atom. The van der Waals surface area contributed by atoms with Crippen molar-refractivity contribution in [1.82, 2.24) is 4.98 Å². The third kappa shape index (κ3) is 1.62. The number of carbonyl (C=O) groups is 1. The highest BCUT2D eigenvalue weighted by Gasteiger charge is 2.17. The van der Waals surface area contributed by atoms with Gasteiger partial charge in [-0.1, -0.05) is 0 Å². The Labute approximate surface area is 96.5 Å². The summed E-state index contributed by atoms with van der Waals surface area (Å²) < 4.78 is 0.957. The second kappa shape index (κ2) is 3.47. The van der Waals surface area contributed by atoms with Gasteiger partial charge >= 0.3 is 0 Å². The fraction of sp³-hybridized carbons (Fsp3) is 0.111. The van der Waals surface area contributed by atoms with Crippen LogP contribution < -0.4 is 5.56 Å². The van der Waals surface area contributed by atoms with Gasteiger partial charge in [0.15, 0.2) is 5.78 Å². The lowest BCUT2D eigenvalue weighted by atomic mass is 10.0. The maximum Gasteiger partial charge on any atom is 0.262 e. The number of pyridine rings is 1. The molecule has 14 heavy (non-hydrogen) atoms. The number of aromatic amines is 1. The summed E-state index contributed by atoms with van der Waals surface area (Å²) in [6.07, 6.45) is 1.96. The third-order valence-electron chi connectivity index (χ3n) is 2.00. The number of Topliss-reactive ketones (excluding diaryl/α,β-unsaturated/α-hetero) is 1. The lowest BCUT2D eigenvalue weighted by molar-refractivity contribution is -0.114. The number of hydrogen-bond donors (Lipinski definition) is 1. The van der Waals surface area contributed by atoms with Crippen molar-refractivity contribution in [3.05, 3.63) is 36.6 Å². The highest BCUT2D eigenvalue weighted by atomic mass is 79.9. The van der Waals surface area contributed by atoms with Gasteiger partial charge in [-0.2, -0.15) is 0 Å². The molecule has 0 radical (unpaired) electrons. The number of H-pyrrole nitrogens is 1. The Balaban J connectivity index is 2.67. The zero-order valence-electron chi connectivity index (χ0n) is 6.93. The summed E-state index contributed by atoms with van der Waals surface area (Å²) in [5.41, 5.74) is 1.35. The van der Waals surface area contributed by atoms with E-state index in [2.05, 4.69) is 36.8 Å². The van der Waals surface area contributed by atoms with Gasteiger partial charge in [-0.3, -0.25) is 9.59 Å². The van der Waals surface area contributed by atoms with Crippen LogP contribution in [0.5, 0.6) is 0 Å². The minimum atomic E-state index is -0.186. The van der Waals surface area contributed by atoms with E-state index >= 15 is 0 Å². The number of allylic oxidation sites excluding steroid dienone is 1. The first kappa shape index (κ1) is 9.86. The number of ketones is 1. The molecule has 3 nitrogen and oxygen atoms in total. The number of hydrogen-bond acceptors (Lipinski definition) is 2. The van der Waals surface area contributed by atoms with Gasteiger partial charge in [-0.25, -0.2) is 0 Å². The van der Waals surface area contributed by atoms with Crippen molar-refractivity contribution in [3.8, 4) is 0 Å². The van der Waals surface area contributed by atoms with Crippen molar-refractivity contribution in [1.29, 1.82) is 0 Å². The molecule has 0 aliphatic heterocycles. The van der Waals surface area contributed by atoms with Crippen molar-refractivity contribution >= 4 is 43.7 Å². The second-order valence-corrected chi connectivity index (χ2v) is 4.69. The summed E-state index contributed by atoms with van der Waals surface area (Å²) in [5, 5.41) is 0. The summed E-state index contributed by atoms with van der Waals surface area (Å²) in [6, 6.07) is 1.68. The highest BCUT2D eigenvalue weighted by molar-refractivity contribution is 9.12. The van der Waals surface area contributed by atoms with Crippen molar-refractivity contribution in [2.24, 2.45) is 0 Å². The zero-order chi connectivity index (χ0) is 10.3. The molecule has 2 rings (SSSR count). The molecule has 0 unspecified atom stereocenters. The van der Waals surface area contributed by atoms with Crippen molar-refractivity contribution < 1.29 is 4.79 Å². The third-order valence-corrected chi connectivity index (χ3v) is 3.26. The van der Waals surface area contributed by atoms with Gasteiger partial charge in [0.2, 0.25) is 0 Å². The Morgan fingerprint density at radius 2 is 2.00 bits per heavy atom. The van der Waals surface area contributed by atoms with Crippen LogP contribution in [0.4, 0.5) is 0 Å². The number of carbonyl (C=O) groups excluding carboxylic acids is 1. The van der Waals surface area contributed by atoms with E-state index in [-0.39, 0.29) is 11.3 Å². The van der Waals surface area contributed by atoms with Crippen LogP contribution in [0.2, 0.25) is 0 Å². The summed E-state index contributed by atoms with van der Waals surface area (Å²) in [7, 11) is 0. The normalized spacial score (nSPS) is 15.0. The van der Waals surface area contributed by atoms with E-state index in [0.29, 0.717) is 21.1 Å². The number of aromatic nitrogens is 1.